The minimum Gasteiger partial charge on any atom is -0.478 e. The minimum atomic E-state index is -3.90. The lowest BCUT2D eigenvalue weighted by Gasteiger charge is -2.10. The molecule has 1 aromatic carbocycles. The second-order valence-corrected chi connectivity index (χ2v) is 6.29. The van der Waals surface area contributed by atoms with E-state index >= 15 is 0 Å². The first-order chi connectivity index (χ1) is 9.81. The Kier molecular flexibility index (Phi) is 5.66. The first-order valence-electron chi connectivity index (χ1n) is 6.28. The standard InChI is InChI=1S/C14H17NO5S/c1-3-7-15-13(16)9-21(19,20)12-8-11(14(17)18)6-5-10(12)4-2/h3,5-6,8H,1,4,7,9H2,2H3,(H,15,16)(H,17,18). The lowest BCUT2D eigenvalue weighted by molar-refractivity contribution is -0.118. The number of aryl methyl sites for hydroxylation is 1. The Morgan fingerprint density at radius 3 is 2.57 bits per heavy atom. The molecule has 0 atom stereocenters. The first-order valence-corrected chi connectivity index (χ1v) is 7.93. The third-order valence-electron chi connectivity index (χ3n) is 2.79. The zero-order valence-electron chi connectivity index (χ0n) is 11.6. The van der Waals surface area contributed by atoms with E-state index in [-0.39, 0.29) is 17.0 Å². The van der Waals surface area contributed by atoms with Gasteiger partial charge in [0, 0.05) is 6.54 Å². The normalized spacial score (nSPS) is 10.9. The third kappa shape index (κ3) is 4.42. The van der Waals surface area contributed by atoms with Gasteiger partial charge in [0.15, 0.2) is 9.84 Å². The molecule has 0 saturated heterocycles. The maximum atomic E-state index is 12.3. The van der Waals surface area contributed by atoms with E-state index in [9.17, 15) is 18.0 Å². The van der Waals surface area contributed by atoms with Gasteiger partial charge in [0.05, 0.1) is 10.5 Å². The molecule has 0 radical (unpaired) electrons. The van der Waals surface area contributed by atoms with E-state index in [0.29, 0.717) is 12.0 Å². The van der Waals surface area contributed by atoms with Crippen molar-refractivity contribution in [2.24, 2.45) is 0 Å². The highest BCUT2D eigenvalue weighted by Gasteiger charge is 2.23. The molecule has 1 aromatic rings. The van der Waals surface area contributed by atoms with Crippen molar-refractivity contribution in [1.82, 2.24) is 5.32 Å². The average Bonchev–Trinajstić information content (AvgIpc) is 2.43. The molecule has 7 heteroatoms. The molecule has 0 aromatic heterocycles. The number of benzene rings is 1. The van der Waals surface area contributed by atoms with Gasteiger partial charge in [-0.3, -0.25) is 4.79 Å². The van der Waals surface area contributed by atoms with Crippen LogP contribution in [-0.4, -0.2) is 37.7 Å². The van der Waals surface area contributed by atoms with Gasteiger partial charge in [-0.15, -0.1) is 6.58 Å². The van der Waals surface area contributed by atoms with E-state index in [0.717, 1.165) is 6.07 Å². The van der Waals surface area contributed by atoms with Gasteiger partial charge in [0.2, 0.25) is 5.91 Å². The monoisotopic (exact) mass is 311 g/mol. The second kappa shape index (κ2) is 7.03. The molecule has 0 saturated carbocycles. The topological polar surface area (TPSA) is 101 Å². The Hall–Kier alpha value is -2.15. The molecular weight excluding hydrogens is 294 g/mol. The summed E-state index contributed by atoms with van der Waals surface area (Å²) in [4.78, 5) is 22.4. The largest absolute Gasteiger partial charge is 0.478 e. The Morgan fingerprint density at radius 2 is 2.05 bits per heavy atom. The summed E-state index contributed by atoms with van der Waals surface area (Å²) in [5, 5.41) is 11.3. The molecule has 0 unspecified atom stereocenters. The Balaban J connectivity index is 3.16. The molecule has 0 fully saturated rings. The van der Waals surface area contributed by atoms with E-state index in [1.807, 2.05) is 0 Å². The predicted octanol–water partition coefficient (Wildman–Crippen LogP) is 1.02. The molecule has 0 heterocycles. The molecule has 0 aliphatic carbocycles. The number of aromatic carboxylic acids is 1. The number of carbonyl (C=O) groups excluding carboxylic acids is 1. The van der Waals surface area contributed by atoms with Crippen LogP contribution in [-0.2, 0) is 21.1 Å². The molecule has 114 valence electrons. The molecule has 0 aliphatic heterocycles. The van der Waals surface area contributed by atoms with Crippen LogP contribution in [0.1, 0.15) is 22.8 Å². The van der Waals surface area contributed by atoms with Crippen LogP contribution in [0.2, 0.25) is 0 Å². The Bertz CT molecular complexity index is 664. The summed E-state index contributed by atoms with van der Waals surface area (Å²) in [6, 6.07) is 3.90. The number of amides is 1. The van der Waals surface area contributed by atoms with Gasteiger partial charge in [-0.05, 0) is 24.1 Å². The highest BCUT2D eigenvalue weighted by Crippen LogP contribution is 2.20. The highest BCUT2D eigenvalue weighted by atomic mass is 32.2. The molecule has 6 nitrogen and oxygen atoms in total. The SMILES string of the molecule is C=CCNC(=O)CS(=O)(=O)c1cc(C(=O)O)ccc1CC. The van der Waals surface area contributed by atoms with Crippen LogP contribution in [0.25, 0.3) is 0 Å². The summed E-state index contributed by atoms with van der Waals surface area (Å²) in [6.45, 7) is 5.34. The minimum absolute atomic E-state index is 0.112. The first kappa shape index (κ1) is 16.9. The van der Waals surface area contributed by atoms with Crippen LogP contribution in [0, 0.1) is 0 Å². The van der Waals surface area contributed by atoms with Crippen molar-refractivity contribution in [3.8, 4) is 0 Å². The van der Waals surface area contributed by atoms with Gasteiger partial charge >= 0.3 is 5.97 Å². The number of carboxylic acids is 1. The summed E-state index contributed by atoms with van der Waals surface area (Å²) < 4.78 is 24.6. The van der Waals surface area contributed by atoms with Gasteiger partial charge in [-0.2, -0.15) is 0 Å². The van der Waals surface area contributed by atoms with E-state index in [2.05, 4.69) is 11.9 Å². The predicted molar refractivity (Wildman–Crippen MR) is 78.0 cm³/mol. The van der Waals surface area contributed by atoms with Crippen LogP contribution in [0.4, 0.5) is 0 Å². The number of sulfone groups is 1. The van der Waals surface area contributed by atoms with Crippen LogP contribution in [0.5, 0.6) is 0 Å². The van der Waals surface area contributed by atoms with E-state index in [1.165, 1.54) is 18.2 Å². The van der Waals surface area contributed by atoms with Gasteiger partial charge in [-0.25, -0.2) is 13.2 Å². The summed E-state index contributed by atoms with van der Waals surface area (Å²) >= 11 is 0. The van der Waals surface area contributed by atoms with Crippen LogP contribution in [0.15, 0.2) is 35.7 Å². The molecule has 0 aliphatic rings. The summed E-state index contributed by atoms with van der Waals surface area (Å²) in [5.74, 6) is -2.60. The van der Waals surface area contributed by atoms with Crippen LogP contribution < -0.4 is 5.32 Å². The second-order valence-electron chi connectivity index (χ2n) is 4.33. The number of nitrogens with one attached hydrogen (secondary N) is 1. The van der Waals surface area contributed by atoms with Gasteiger partial charge in [-0.1, -0.05) is 19.1 Å². The van der Waals surface area contributed by atoms with Crippen molar-refractivity contribution in [2.45, 2.75) is 18.2 Å². The molecule has 0 bridgehead atoms. The number of carbonyl (C=O) groups is 2. The summed E-state index contributed by atoms with van der Waals surface area (Å²) in [7, 11) is -3.90. The molecule has 21 heavy (non-hydrogen) atoms. The van der Waals surface area contributed by atoms with Gasteiger partial charge < -0.3 is 10.4 Å². The van der Waals surface area contributed by atoms with Crippen molar-refractivity contribution in [2.75, 3.05) is 12.3 Å². The molecule has 1 rings (SSSR count). The van der Waals surface area contributed by atoms with Gasteiger partial charge in [0.25, 0.3) is 0 Å². The van der Waals surface area contributed by atoms with Crippen molar-refractivity contribution in [3.05, 3.63) is 42.0 Å². The number of hydrogen-bond donors (Lipinski definition) is 2. The smallest absolute Gasteiger partial charge is 0.335 e. The fraction of sp³-hybridized carbons (Fsp3) is 0.286. The maximum Gasteiger partial charge on any atom is 0.335 e. The fourth-order valence-corrected chi connectivity index (χ4v) is 3.28. The van der Waals surface area contributed by atoms with Crippen molar-refractivity contribution in [3.63, 3.8) is 0 Å². The lowest BCUT2D eigenvalue weighted by Crippen LogP contribution is -2.30. The number of rotatable bonds is 7. The van der Waals surface area contributed by atoms with E-state index in [1.54, 1.807) is 6.92 Å². The Labute approximate surface area is 123 Å². The molecule has 2 N–H and O–H groups in total. The Morgan fingerprint density at radius 1 is 1.38 bits per heavy atom. The van der Waals surface area contributed by atoms with Gasteiger partial charge in [0.1, 0.15) is 5.75 Å². The fourth-order valence-electron chi connectivity index (χ4n) is 1.76. The van der Waals surface area contributed by atoms with Crippen LogP contribution >= 0.6 is 0 Å². The average molecular weight is 311 g/mol. The molecule has 1 amide bonds. The van der Waals surface area contributed by atoms with Crippen molar-refractivity contribution < 1.29 is 23.1 Å². The molecular formula is C14H17NO5S. The van der Waals surface area contributed by atoms with E-state index in [4.69, 9.17) is 5.11 Å². The van der Waals surface area contributed by atoms with Crippen molar-refractivity contribution >= 4 is 21.7 Å². The summed E-state index contributed by atoms with van der Waals surface area (Å²) in [6.07, 6.45) is 1.86. The summed E-state index contributed by atoms with van der Waals surface area (Å²) in [5.41, 5.74) is 0.355. The number of carboxylic acid groups (broad SMARTS) is 1. The zero-order chi connectivity index (χ0) is 16.0. The molecule has 0 spiro atoms. The maximum absolute atomic E-state index is 12.3. The van der Waals surface area contributed by atoms with Crippen LogP contribution in [0.3, 0.4) is 0 Å². The third-order valence-corrected chi connectivity index (χ3v) is 4.49. The van der Waals surface area contributed by atoms with E-state index < -0.39 is 27.5 Å². The number of hydrogen-bond acceptors (Lipinski definition) is 4. The van der Waals surface area contributed by atoms with Crippen molar-refractivity contribution in [1.29, 1.82) is 0 Å². The highest BCUT2D eigenvalue weighted by molar-refractivity contribution is 7.92. The zero-order valence-corrected chi connectivity index (χ0v) is 12.4. The quantitative estimate of drug-likeness (QED) is 0.732. The lowest BCUT2D eigenvalue weighted by atomic mass is 10.1.